The molecular weight excluding hydrogens is 300 g/mol. The van der Waals surface area contributed by atoms with Crippen molar-refractivity contribution in [1.82, 2.24) is 5.32 Å². The zero-order valence-electron chi connectivity index (χ0n) is 11.4. The average molecular weight is 317 g/mol. The topological polar surface area (TPSA) is 66.4 Å². The third-order valence-corrected chi connectivity index (χ3v) is 3.42. The first kappa shape index (κ1) is 17.4. The number of halogens is 2. The molecule has 0 heterocycles. The summed E-state index contributed by atoms with van der Waals surface area (Å²) >= 11 is 0.435. The van der Waals surface area contributed by atoms with Gasteiger partial charge in [0.1, 0.15) is 0 Å². The van der Waals surface area contributed by atoms with Gasteiger partial charge in [0.05, 0.1) is 0 Å². The number of nitrogens with one attached hydrogen (secondary N) is 1. The van der Waals surface area contributed by atoms with Gasteiger partial charge in [-0.15, -0.1) is 0 Å². The van der Waals surface area contributed by atoms with Crippen molar-refractivity contribution in [3.8, 4) is 0 Å². The second kappa shape index (κ2) is 9.33. The quantitative estimate of drug-likeness (QED) is 0.541. The lowest BCUT2D eigenvalue weighted by Crippen LogP contribution is -2.24. The Balaban J connectivity index is 2.27. The molecular formula is C14H17F2NO3S. The van der Waals surface area contributed by atoms with Gasteiger partial charge in [-0.05, 0) is 37.1 Å². The van der Waals surface area contributed by atoms with Crippen molar-refractivity contribution in [3.05, 3.63) is 29.8 Å². The van der Waals surface area contributed by atoms with Crippen molar-refractivity contribution in [1.29, 1.82) is 0 Å². The highest BCUT2D eigenvalue weighted by Gasteiger charge is 2.08. The molecule has 0 bridgehead atoms. The van der Waals surface area contributed by atoms with Crippen LogP contribution in [-0.2, 0) is 4.79 Å². The summed E-state index contributed by atoms with van der Waals surface area (Å²) in [5, 5.41) is 11.2. The number of carboxylic acids is 1. The lowest BCUT2D eigenvalue weighted by Gasteiger charge is -2.06. The zero-order valence-corrected chi connectivity index (χ0v) is 12.2. The Morgan fingerprint density at radius 2 is 1.81 bits per heavy atom. The number of hydrogen-bond donors (Lipinski definition) is 2. The van der Waals surface area contributed by atoms with Gasteiger partial charge in [-0.2, -0.15) is 8.78 Å². The van der Waals surface area contributed by atoms with Crippen molar-refractivity contribution >= 4 is 23.6 Å². The smallest absolute Gasteiger partial charge is 0.303 e. The first-order chi connectivity index (χ1) is 9.99. The molecule has 0 unspecified atom stereocenters. The molecule has 0 aliphatic carbocycles. The van der Waals surface area contributed by atoms with E-state index in [0.717, 1.165) is 6.42 Å². The standard InChI is InChI=1S/C14H17F2NO3S/c15-14(16)21-11-7-5-10(6-8-11)13(20)17-9-3-1-2-4-12(18)19/h5-8,14H,1-4,9H2,(H,17,20)(H,18,19). The van der Waals surface area contributed by atoms with E-state index in [-0.39, 0.29) is 12.3 Å². The molecule has 1 aromatic rings. The van der Waals surface area contributed by atoms with Crippen LogP contribution in [-0.4, -0.2) is 29.3 Å². The van der Waals surface area contributed by atoms with Crippen LogP contribution in [0.5, 0.6) is 0 Å². The summed E-state index contributed by atoms with van der Waals surface area (Å²) in [6.45, 7) is 0.464. The molecule has 0 saturated heterocycles. The fourth-order valence-electron chi connectivity index (χ4n) is 1.67. The van der Waals surface area contributed by atoms with Crippen molar-refractivity contribution < 1.29 is 23.5 Å². The van der Waals surface area contributed by atoms with E-state index >= 15 is 0 Å². The molecule has 0 saturated carbocycles. The monoisotopic (exact) mass is 317 g/mol. The van der Waals surface area contributed by atoms with Crippen LogP contribution in [0, 0.1) is 0 Å². The van der Waals surface area contributed by atoms with Crippen molar-refractivity contribution in [2.24, 2.45) is 0 Å². The highest BCUT2D eigenvalue weighted by Crippen LogP contribution is 2.25. The van der Waals surface area contributed by atoms with Gasteiger partial charge in [0, 0.05) is 23.4 Å². The third-order valence-electron chi connectivity index (χ3n) is 2.69. The van der Waals surface area contributed by atoms with Gasteiger partial charge in [-0.25, -0.2) is 0 Å². The summed E-state index contributed by atoms with van der Waals surface area (Å²) in [6, 6.07) is 5.98. The number of carbonyl (C=O) groups excluding carboxylic acids is 1. The van der Waals surface area contributed by atoms with Gasteiger partial charge in [-0.1, -0.05) is 18.2 Å². The molecule has 7 heteroatoms. The van der Waals surface area contributed by atoms with Crippen LogP contribution in [0.1, 0.15) is 36.0 Å². The Labute approximate surface area is 125 Å². The summed E-state index contributed by atoms with van der Waals surface area (Å²) < 4.78 is 24.3. The molecule has 0 radical (unpaired) electrons. The summed E-state index contributed by atoms with van der Waals surface area (Å²) in [4.78, 5) is 22.5. The van der Waals surface area contributed by atoms with E-state index in [1.807, 2.05) is 0 Å². The maximum atomic E-state index is 12.1. The molecule has 4 nitrogen and oxygen atoms in total. The highest BCUT2D eigenvalue weighted by molar-refractivity contribution is 7.99. The van der Waals surface area contributed by atoms with E-state index in [1.165, 1.54) is 24.3 Å². The second-order valence-corrected chi connectivity index (χ2v) is 5.43. The number of aliphatic carboxylic acids is 1. The molecule has 0 aromatic heterocycles. The van der Waals surface area contributed by atoms with E-state index in [4.69, 9.17) is 5.11 Å². The van der Waals surface area contributed by atoms with Crippen molar-refractivity contribution in [2.75, 3.05) is 6.54 Å². The summed E-state index contributed by atoms with van der Waals surface area (Å²) in [5.74, 6) is -3.56. The summed E-state index contributed by atoms with van der Waals surface area (Å²) in [5.41, 5.74) is 0.416. The van der Waals surface area contributed by atoms with Crippen molar-refractivity contribution in [2.45, 2.75) is 36.3 Å². The maximum absolute atomic E-state index is 12.1. The van der Waals surface area contributed by atoms with Crippen molar-refractivity contribution in [3.63, 3.8) is 0 Å². The zero-order chi connectivity index (χ0) is 15.7. The molecule has 1 aromatic carbocycles. The maximum Gasteiger partial charge on any atom is 0.303 e. The number of amides is 1. The minimum absolute atomic E-state index is 0.136. The Morgan fingerprint density at radius 3 is 2.38 bits per heavy atom. The largest absolute Gasteiger partial charge is 0.481 e. The second-order valence-electron chi connectivity index (χ2n) is 4.36. The number of thioether (sulfide) groups is 1. The third kappa shape index (κ3) is 7.65. The number of alkyl halides is 2. The predicted octanol–water partition coefficient (Wildman–Crippen LogP) is 3.38. The molecule has 0 aliphatic rings. The fraction of sp³-hybridized carbons (Fsp3) is 0.429. The van der Waals surface area contributed by atoms with E-state index in [1.54, 1.807) is 0 Å². The van der Waals surface area contributed by atoms with E-state index in [0.29, 0.717) is 41.6 Å². The SMILES string of the molecule is O=C(O)CCCCCNC(=O)c1ccc(SC(F)F)cc1. The highest BCUT2D eigenvalue weighted by atomic mass is 32.2. The average Bonchev–Trinajstić information content (AvgIpc) is 2.42. The van der Waals surface area contributed by atoms with Crippen LogP contribution in [0.25, 0.3) is 0 Å². The van der Waals surface area contributed by atoms with Crippen LogP contribution in [0.15, 0.2) is 29.2 Å². The summed E-state index contributed by atoms with van der Waals surface area (Å²) in [6.07, 6.45) is 2.16. The minimum atomic E-state index is -2.48. The van der Waals surface area contributed by atoms with Crippen LogP contribution in [0.2, 0.25) is 0 Å². The normalized spacial score (nSPS) is 10.6. The Hall–Kier alpha value is -1.63. The molecule has 0 fully saturated rings. The molecule has 1 rings (SSSR count). The number of benzene rings is 1. The van der Waals surface area contributed by atoms with Gasteiger partial charge in [0.25, 0.3) is 11.7 Å². The molecule has 2 N–H and O–H groups in total. The lowest BCUT2D eigenvalue weighted by atomic mass is 10.2. The first-order valence-electron chi connectivity index (χ1n) is 6.54. The Morgan fingerprint density at radius 1 is 1.14 bits per heavy atom. The van der Waals surface area contributed by atoms with E-state index < -0.39 is 11.7 Å². The van der Waals surface area contributed by atoms with Gasteiger partial charge in [0.15, 0.2) is 0 Å². The van der Waals surface area contributed by atoms with Gasteiger partial charge in [0.2, 0.25) is 0 Å². The number of rotatable bonds is 9. The number of hydrogen-bond acceptors (Lipinski definition) is 3. The van der Waals surface area contributed by atoms with Gasteiger partial charge < -0.3 is 10.4 Å². The molecule has 21 heavy (non-hydrogen) atoms. The molecule has 0 atom stereocenters. The van der Waals surface area contributed by atoms with Crippen LogP contribution in [0.3, 0.4) is 0 Å². The van der Waals surface area contributed by atoms with Crippen LogP contribution >= 0.6 is 11.8 Å². The summed E-state index contributed by atoms with van der Waals surface area (Å²) in [7, 11) is 0. The number of unbranched alkanes of at least 4 members (excludes halogenated alkanes) is 2. The number of carboxylic acid groups (broad SMARTS) is 1. The van der Waals surface area contributed by atoms with Gasteiger partial charge in [-0.3, -0.25) is 9.59 Å². The van der Waals surface area contributed by atoms with Gasteiger partial charge >= 0.3 is 5.97 Å². The minimum Gasteiger partial charge on any atom is -0.481 e. The molecule has 0 aliphatic heterocycles. The molecule has 1 amide bonds. The lowest BCUT2D eigenvalue weighted by molar-refractivity contribution is -0.137. The van der Waals surface area contributed by atoms with E-state index in [9.17, 15) is 18.4 Å². The van der Waals surface area contributed by atoms with Crippen LogP contribution < -0.4 is 5.32 Å². The Kier molecular flexibility index (Phi) is 7.74. The molecule has 116 valence electrons. The van der Waals surface area contributed by atoms with Crippen LogP contribution in [0.4, 0.5) is 8.78 Å². The fourth-order valence-corrected chi connectivity index (χ4v) is 2.17. The number of carbonyl (C=O) groups is 2. The molecule has 0 spiro atoms. The van der Waals surface area contributed by atoms with E-state index in [2.05, 4.69) is 5.32 Å². The Bertz CT molecular complexity index is 466. The first-order valence-corrected chi connectivity index (χ1v) is 7.42. The predicted molar refractivity (Wildman–Crippen MR) is 76.7 cm³/mol.